The minimum absolute atomic E-state index is 0.0160. The van der Waals surface area contributed by atoms with Crippen LogP contribution in [0.5, 0.6) is 0 Å². The molecule has 0 aliphatic heterocycles. The van der Waals surface area contributed by atoms with Gasteiger partial charge in [-0.25, -0.2) is 18.5 Å². The van der Waals surface area contributed by atoms with Gasteiger partial charge in [0.1, 0.15) is 16.5 Å². The van der Waals surface area contributed by atoms with Crippen molar-refractivity contribution in [1.29, 1.82) is 0 Å². The Morgan fingerprint density at radius 1 is 1.30 bits per heavy atom. The molecule has 0 radical (unpaired) electrons. The Balaban J connectivity index is 2.23. The topological polar surface area (TPSA) is 101 Å². The summed E-state index contributed by atoms with van der Waals surface area (Å²) in [5.41, 5.74) is 0. The quantitative estimate of drug-likeness (QED) is 0.761. The zero-order chi connectivity index (χ0) is 16.9. The number of hydrogen-bond donors (Lipinski definition) is 2. The highest BCUT2D eigenvalue weighted by Crippen LogP contribution is 2.23. The van der Waals surface area contributed by atoms with Crippen molar-refractivity contribution >= 4 is 15.8 Å². The van der Waals surface area contributed by atoms with E-state index in [1.165, 1.54) is 12.3 Å². The summed E-state index contributed by atoms with van der Waals surface area (Å²) < 4.78 is 28.8. The first-order valence-electron chi connectivity index (χ1n) is 7.46. The highest BCUT2D eigenvalue weighted by atomic mass is 32.2. The number of pyridine rings is 1. The van der Waals surface area contributed by atoms with Crippen LogP contribution in [0.3, 0.4) is 0 Å². The molecule has 2 rings (SSSR count). The molecule has 0 saturated carbocycles. The fraction of sp³-hybridized carbons (Fsp3) is 0.400. The molecule has 23 heavy (non-hydrogen) atoms. The molecular weight excluding hydrogens is 316 g/mol. The summed E-state index contributed by atoms with van der Waals surface area (Å²) in [6.45, 7) is 6.27. The third kappa shape index (κ3) is 4.31. The Labute approximate surface area is 136 Å². The average Bonchev–Trinajstić information content (AvgIpc) is 3.05. The van der Waals surface area contributed by atoms with E-state index in [-0.39, 0.29) is 16.8 Å². The minimum atomic E-state index is -3.83. The van der Waals surface area contributed by atoms with Crippen LogP contribution in [0.15, 0.2) is 46.0 Å². The van der Waals surface area contributed by atoms with Crippen molar-refractivity contribution in [3.05, 3.63) is 42.5 Å². The number of nitrogens with zero attached hydrogens (tertiary/aromatic N) is 2. The smallest absolute Gasteiger partial charge is 0.241 e. The van der Waals surface area contributed by atoms with Crippen molar-refractivity contribution in [3.63, 3.8) is 0 Å². The number of likely N-dealkylation sites (N-methyl/N-ethyl adjacent to an activating group) is 1. The van der Waals surface area contributed by atoms with Crippen LogP contribution in [0.25, 0.3) is 0 Å². The second-order valence-corrected chi connectivity index (χ2v) is 6.56. The predicted octanol–water partition coefficient (Wildman–Crippen LogP) is 1.82. The van der Waals surface area contributed by atoms with Gasteiger partial charge < -0.3 is 9.73 Å². The number of anilines is 1. The number of nitrogens with two attached hydrogens (primary N) is 1. The van der Waals surface area contributed by atoms with E-state index >= 15 is 0 Å². The summed E-state index contributed by atoms with van der Waals surface area (Å²) in [4.78, 5) is 6.29. The molecule has 0 aliphatic carbocycles. The van der Waals surface area contributed by atoms with E-state index in [1.54, 1.807) is 12.3 Å². The molecule has 2 aromatic heterocycles. The molecule has 0 unspecified atom stereocenters. The van der Waals surface area contributed by atoms with Gasteiger partial charge in [-0.3, -0.25) is 4.90 Å². The Morgan fingerprint density at radius 2 is 2.04 bits per heavy atom. The lowest BCUT2D eigenvalue weighted by Gasteiger charge is -2.28. The van der Waals surface area contributed by atoms with Crippen LogP contribution in [0.1, 0.15) is 25.6 Å². The predicted molar refractivity (Wildman–Crippen MR) is 88.5 cm³/mol. The van der Waals surface area contributed by atoms with Crippen molar-refractivity contribution in [2.75, 3.05) is 25.0 Å². The molecule has 0 spiro atoms. The van der Waals surface area contributed by atoms with E-state index < -0.39 is 10.0 Å². The second kappa shape index (κ2) is 7.58. The zero-order valence-electron chi connectivity index (χ0n) is 13.3. The summed E-state index contributed by atoms with van der Waals surface area (Å²) in [5.74, 6) is 1.06. The Kier molecular flexibility index (Phi) is 5.75. The van der Waals surface area contributed by atoms with Crippen molar-refractivity contribution in [1.82, 2.24) is 9.88 Å². The van der Waals surface area contributed by atoms with Crippen LogP contribution in [0.4, 0.5) is 5.82 Å². The molecule has 0 aromatic carbocycles. The number of primary sulfonamides is 1. The third-order valence-electron chi connectivity index (χ3n) is 3.66. The largest absolute Gasteiger partial charge is 0.468 e. The number of hydrogen-bond acceptors (Lipinski definition) is 6. The first-order valence-corrected chi connectivity index (χ1v) is 9.01. The summed E-state index contributed by atoms with van der Waals surface area (Å²) in [7, 11) is -3.83. The number of nitrogens with one attached hydrogen (secondary N) is 1. The van der Waals surface area contributed by atoms with E-state index in [0.29, 0.717) is 6.54 Å². The highest BCUT2D eigenvalue weighted by molar-refractivity contribution is 7.89. The van der Waals surface area contributed by atoms with Crippen molar-refractivity contribution in [2.24, 2.45) is 5.14 Å². The monoisotopic (exact) mass is 338 g/mol. The minimum Gasteiger partial charge on any atom is -0.468 e. The normalized spacial score (nSPS) is 13.2. The lowest BCUT2D eigenvalue weighted by molar-refractivity contribution is 0.201. The van der Waals surface area contributed by atoms with E-state index in [9.17, 15) is 8.42 Å². The molecular formula is C15H22N4O3S. The van der Waals surface area contributed by atoms with Gasteiger partial charge in [0.25, 0.3) is 0 Å². The fourth-order valence-corrected chi connectivity index (χ4v) is 3.16. The van der Waals surface area contributed by atoms with Crippen molar-refractivity contribution in [3.8, 4) is 0 Å². The molecule has 0 bridgehead atoms. The van der Waals surface area contributed by atoms with Gasteiger partial charge >= 0.3 is 0 Å². The number of aromatic nitrogens is 1. The lowest BCUT2D eigenvalue weighted by Crippen LogP contribution is -2.33. The van der Waals surface area contributed by atoms with Gasteiger partial charge in [-0.2, -0.15) is 0 Å². The Bertz CT molecular complexity index is 712. The first kappa shape index (κ1) is 17.5. The Morgan fingerprint density at radius 3 is 2.61 bits per heavy atom. The van der Waals surface area contributed by atoms with Gasteiger partial charge in [-0.1, -0.05) is 13.8 Å². The van der Waals surface area contributed by atoms with Crippen LogP contribution < -0.4 is 10.5 Å². The van der Waals surface area contributed by atoms with Crippen LogP contribution in [-0.4, -0.2) is 37.9 Å². The molecule has 0 fully saturated rings. The average molecular weight is 338 g/mol. The zero-order valence-corrected chi connectivity index (χ0v) is 14.1. The fourth-order valence-electron chi connectivity index (χ4n) is 2.50. The summed E-state index contributed by atoms with van der Waals surface area (Å²) in [6, 6.07) is 6.69. The first-order chi connectivity index (χ1) is 11.0. The maximum atomic E-state index is 11.6. The van der Waals surface area contributed by atoms with Crippen LogP contribution in [0.2, 0.25) is 0 Å². The molecule has 1 atom stereocenters. The maximum Gasteiger partial charge on any atom is 0.241 e. The summed E-state index contributed by atoms with van der Waals surface area (Å²) in [6.07, 6.45) is 3.15. The lowest BCUT2D eigenvalue weighted by atomic mass is 10.2. The van der Waals surface area contributed by atoms with Gasteiger partial charge in [0.05, 0.1) is 12.3 Å². The Hall–Kier alpha value is -1.90. The maximum absolute atomic E-state index is 11.6. The molecule has 0 aliphatic rings. The van der Waals surface area contributed by atoms with E-state index in [0.717, 1.165) is 18.8 Å². The highest BCUT2D eigenvalue weighted by Gasteiger charge is 2.22. The van der Waals surface area contributed by atoms with Gasteiger partial charge in [0.15, 0.2) is 0 Å². The standard InChI is InChI=1S/C15H22N4O3S/c1-3-19(4-2)12(13-7-6-10-22-13)11-18-15-14(23(16,20)21)8-5-9-17-15/h5-10,12H,3-4,11H2,1-2H3,(H,17,18)(H2,16,20,21)/t12-/m0/s1. The number of furan rings is 1. The molecule has 2 heterocycles. The molecule has 126 valence electrons. The SMILES string of the molecule is CCN(CC)[C@@H](CNc1ncccc1S(N)(=O)=O)c1ccco1. The van der Waals surface area contributed by atoms with Crippen LogP contribution >= 0.6 is 0 Å². The third-order valence-corrected chi connectivity index (χ3v) is 4.61. The number of rotatable bonds is 8. The van der Waals surface area contributed by atoms with E-state index in [1.807, 2.05) is 12.1 Å². The van der Waals surface area contributed by atoms with Gasteiger partial charge in [0.2, 0.25) is 10.0 Å². The van der Waals surface area contributed by atoms with Gasteiger partial charge in [-0.05, 0) is 37.4 Å². The number of sulfonamides is 1. The van der Waals surface area contributed by atoms with Gasteiger partial charge in [-0.15, -0.1) is 0 Å². The van der Waals surface area contributed by atoms with E-state index in [2.05, 4.69) is 29.0 Å². The second-order valence-electron chi connectivity index (χ2n) is 5.03. The molecule has 0 amide bonds. The molecule has 8 heteroatoms. The summed E-state index contributed by atoms with van der Waals surface area (Å²) in [5, 5.41) is 8.32. The molecule has 7 nitrogen and oxygen atoms in total. The van der Waals surface area contributed by atoms with Crippen molar-refractivity contribution in [2.45, 2.75) is 24.8 Å². The van der Waals surface area contributed by atoms with E-state index in [4.69, 9.17) is 9.56 Å². The van der Waals surface area contributed by atoms with Gasteiger partial charge in [0, 0.05) is 12.7 Å². The summed E-state index contributed by atoms with van der Waals surface area (Å²) >= 11 is 0. The van der Waals surface area contributed by atoms with Crippen molar-refractivity contribution < 1.29 is 12.8 Å². The molecule has 3 N–H and O–H groups in total. The van der Waals surface area contributed by atoms with Crippen LogP contribution in [0, 0.1) is 0 Å². The molecule has 2 aromatic rings. The molecule has 0 saturated heterocycles. The van der Waals surface area contributed by atoms with Crippen LogP contribution in [-0.2, 0) is 10.0 Å².